The molecule has 1 saturated heterocycles. The lowest BCUT2D eigenvalue weighted by Crippen LogP contribution is -2.54. The molecule has 0 amide bonds. The van der Waals surface area contributed by atoms with Crippen LogP contribution in [0.3, 0.4) is 0 Å². The molecule has 0 aliphatic carbocycles. The van der Waals surface area contributed by atoms with Gasteiger partial charge in [-0.15, -0.1) is 16.1 Å². The van der Waals surface area contributed by atoms with Gasteiger partial charge in [0.2, 0.25) is 5.60 Å². The number of piperazine rings is 1. The van der Waals surface area contributed by atoms with E-state index in [2.05, 4.69) is 22.0 Å². The van der Waals surface area contributed by atoms with E-state index in [1.54, 1.807) is 11.8 Å². The standard InChI is InChI=1S/C20H22F3N5O4S/c1-2-3-16-12-27(33(31,32)18-9-8-17(24)25-26-18)10-11-28(16)15-6-4-14(5-7-15)19(30,13-29)20(21,22)23/h4-9,16,29-30H,10-13H2,1H3,(H2,24,25)/t16-,19+/m0/s1. The van der Waals surface area contributed by atoms with Crippen LogP contribution in [0.4, 0.5) is 24.7 Å². The Labute approximate surface area is 188 Å². The molecule has 0 spiro atoms. The maximum atomic E-state index is 13.2. The van der Waals surface area contributed by atoms with Crippen molar-refractivity contribution in [1.29, 1.82) is 0 Å². The molecule has 1 aliphatic heterocycles. The summed E-state index contributed by atoms with van der Waals surface area (Å²) in [5.41, 5.74) is 2.05. The molecule has 0 saturated carbocycles. The molecular weight excluding hydrogens is 463 g/mol. The molecule has 1 aromatic heterocycles. The van der Waals surface area contributed by atoms with Crippen molar-refractivity contribution in [3.63, 3.8) is 0 Å². The van der Waals surface area contributed by atoms with Crippen LogP contribution in [0, 0.1) is 11.8 Å². The van der Waals surface area contributed by atoms with Gasteiger partial charge in [0.15, 0.2) is 5.03 Å². The van der Waals surface area contributed by atoms with E-state index in [0.717, 1.165) is 12.1 Å². The number of aliphatic hydroxyl groups excluding tert-OH is 1. The van der Waals surface area contributed by atoms with Crippen LogP contribution in [0.5, 0.6) is 0 Å². The lowest BCUT2D eigenvalue weighted by atomic mass is 9.93. The molecule has 2 heterocycles. The van der Waals surface area contributed by atoms with Crippen LogP contribution in [0.1, 0.15) is 12.5 Å². The van der Waals surface area contributed by atoms with Gasteiger partial charge in [0.1, 0.15) is 11.9 Å². The molecule has 2 aromatic rings. The maximum absolute atomic E-state index is 13.2. The van der Waals surface area contributed by atoms with Crippen molar-refractivity contribution in [1.82, 2.24) is 14.5 Å². The van der Waals surface area contributed by atoms with Gasteiger partial charge in [-0.1, -0.05) is 18.1 Å². The van der Waals surface area contributed by atoms with Crippen LogP contribution in [0.15, 0.2) is 41.4 Å². The fraction of sp³-hybridized carbons (Fsp3) is 0.400. The van der Waals surface area contributed by atoms with E-state index in [1.165, 1.54) is 28.6 Å². The Bertz CT molecular complexity index is 1150. The highest BCUT2D eigenvalue weighted by Gasteiger charge is 2.54. The average molecular weight is 485 g/mol. The van der Waals surface area contributed by atoms with E-state index in [0.29, 0.717) is 5.69 Å². The highest BCUT2D eigenvalue weighted by Crippen LogP contribution is 2.39. The Morgan fingerprint density at radius 2 is 1.82 bits per heavy atom. The zero-order valence-electron chi connectivity index (χ0n) is 17.5. The largest absolute Gasteiger partial charge is 0.423 e. The normalized spacial score (nSPS) is 19.5. The van der Waals surface area contributed by atoms with Crippen LogP contribution >= 0.6 is 0 Å². The highest BCUT2D eigenvalue weighted by molar-refractivity contribution is 7.89. The smallest absolute Gasteiger partial charge is 0.393 e. The van der Waals surface area contributed by atoms with Crippen molar-refractivity contribution in [2.45, 2.75) is 29.8 Å². The van der Waals surface area contributed by atoms with Crippen molar-refractivity contribution in [2.75, 3.05) is 36.9 Å². The van der Waals surface area contributed by atoms with E-state index in [-0.39, 0.29) is 30.5 Å². The number of anilines is 2. The summed E-state index contributed by atoms with van der Waals surface area (Å²) in [6.45, 7) is 0.320. The first kappa shape index (κ1) is 24.7. The fourth-order valence-electron chi connectivity index (χ4n) is 3.45. The first-order chi connectivity index (χ1) is 15.4. The molecule has 13 heteroatoms. The van der Waals surface area contributed by atoms with E-state index in [4.69, 9.17) is 10.8 Å². The molecule has 178 valence electrons. The van der Waals surface area contributed by atoms with Crippen molar-refractivity contribution in [2.24, 2.45) is 0 Å². The third kappa shape index (κ3) is 4.74. The second kappa shape index (κ2) is 9.14. The Hall–Kier alpha value is -2.92. The summed E-state index contributed by atoms with van der Waals surface area (Å²) in [7, 11) is -3.96. The number of aromatic nitrogens is 2. The lowest BCUT2D eigenvalue weighted by molar-refractivity contribution is -0.277. The molecule has 4 N–H and O–H groups in total. The number of rotatable bonds is 5. The fourth-order valence-corrected chi connectivity index (χ4v) is 4.76. The SMILES string of the molecule is CC#C[C@H]1CN(S(=O)(=O)c2ccc(N)nn2)CCN1c1ccc([C@](O)(CO)C(F)(F)F)cc1. The molecule has 1 aliphatic rings. The summed E-state index contributed by atoms with van der Waals surface area (Å²) >= 11 is 0. The van der Waals surface area contributed by atoms with Crippen LogP contribution in [-0.2, 0) is 15.6 Å². The zero-order chi connectivity index (χ0) is 24.4. The van der Waals surface area contributed by atoms with E-state index in [9.17, 15) is 26.7 Å². The van der Waals surface area contributed by atoms with Crippen LogP contribution < -0.4 is 10.6 Å². The summed E-state index contributed by atoms with van der Waals surface area (Å²) in [6.07, 6.45) is -5.07. The minimum atomic E-state index is -5.07. The molecule has 2 atom stereocenters. The molecule has 1 fully saturated rings. The zero-order valence-corrected chi connectivity index (χ0v) is 18.3. The maximum Gasteiger partial charge on any atom is 0.423 e. The molecule has 3 rings (SSSR count). The number of nitrogens with two attached hydrogens (primary N) is 1. The molecule has 0 radical (unpaired) electrons. The number of sulfonamides is 1. The van der Waals surface area contributed by atoms with Crippen LogP contribution in [0.2, 0.25) is 0 Å². The number of hydrogen-bond donors (Lipinski definition) is 3. The van der Waals surface area contributed by atoms with Gasteiger partial charge in [-0.05, 0) is 36.8 Å². The van der Waals surface area contributed by atoms with Gasteiger partial charge in [0.05, 0.1) is 6.61 Å². The number of alkyl halides is 3. The van der Waals surface area contributed by atoms with Crippen molar-refractivity contribution in [3.8, 4) is 11.8 Å². The number of nitrogen functional groups attached to an aromatic ring is 1. The van der Waals surface area contributed by atoms with E-state index >= 15 is 0 Å². The Balaban J connectivity index is 1.86. The van der Waals surface area contributed by atoms with Crippen LogP contribution in [0.25, 0.3) is 0 Å². The van der Waals surface area contributed by atoms with E-state index in [1.807, 2.05) is 0 Å². The molecule has 0 unspecified atom stereocenters. The minimum absolute atomic E-state index is 0.0138. The third-order valence-electron chi connectivity index (χ3n) is 5.29. The monoisotopic (exact) mass is 485 g/mol. The van der Waals surface area contributed by atoms with Gasteiger partial charge in [0.25, 0.3) is 10.0 Å². The predicted molar refractivity (Wildman–Crippen MR) is 113 cm³/mol. The van der Waals surface area contributed by atoms with Crippen LogP contribution in [-0.4, -0.2) is 71.6 Å². The summed E-state index contributed by atoms with van der Waals surface area (Å²) < 4.78 is 66.7. The van der Waals surface area contributed by atoms with Gasteiger partial charge in [0, 0.05) is 25.3 Å². The quantitative estimate of drug-likeness (QED) is 0.528. The summed E-state index contributed by atoms with van der Waals surface area (Å²) in [5, 5.41) is 26.0. The number of benzene rings is 1. The summed E-state index contributed by atoms with van der Waals surface area (Å²) in [4.78, 5) is 1.76. The van der Waals surface area contributed by atoms with Gasteiger partial charge in [-0.2, -0.15) is 17.5 Å². The second-order valence-electron chi connectivity index (χ2n) is 7.33. The first-order valence-electron chi connectivity index (χ1n) is 9.73. The summed E-state index contributed by atoms with van der Waals surface area (Å²) in [6, 6.07) is 6.86. The average Bonchev–Trinajstić information content (AvgIpc) is 2.78. The molecule has 33 heavy (non-hydrogen) atoms. The highest BCUT2D eigenvalue weighted by atomic mass is 32.2. The lowest BCUT2D eigenvalue weighted by Gasteiger charge is -2.40. The number of aliphatic hydroxyl groups is 2. The molecular formula is C20H22F3N5O4S. The number of hydrogen-bond acceptors (Lipinski definition) is 8. The van der Waals surface area contributed by atoms with Gasteiger partial charge in [-0.3, -0.25) is 0 Å². The molecule has 0 bridgehead atoms. The van der Waals surface area contributed by atoms with Crippen molar-refractivity contribution < 1.29 is 31.8 Å². The number of nitrogens with zero attached hydrogens (tertiary/aromatic N) is 4. The van der Waals surface area contributed by atoms with Gasteiger partial charge in [-0.25, -0.2) is 8.42 Å². The predicted octanol–water partition coefficient (Wildman–Crippen LogP) is 0.704. The molecule has 1 aromatic carbocycles. The topological polar surface area (TPSA) is 133 Å². The minimum Gasteiger partial charge on any atom is -0.393 e. The van der Waals surface area contributed by atoms with Crippen molar-refractivity contribution >= 4 is 21.5 Å². The van der Waals surface area contributed by atoms with E-state index < -0.39 is 40.0 Å². The van der Waals surface area contributed by atoms with Gasteiger partial charge < -0.3 is 20.8 Å². The first-order valence-corrected chi connectivity index (χ1v) is 11.2. The Morgan fingerprint density at radius 1 is 1.15 bits per heavy atom. The Morgan fingerprint density at radius 3 is 2.33 bits per heavy atom. The second-order valence-corrected chi connectivity index (χ2v) is 9.21. The van der Waals surface area contributed by atoms with Gasteiger partial charge >= 0.3 is 6.18 Å². The molecule has 9 nitrogen and oxygen atoms in total. The summed E-state index contributed by atoms with van der Waals surface area (Å²) in [5.74, 6) is 5.74. The third-order valence-corrected chi connectivity index (χ3v) is 7.05. The van der Waals surface area contributed by atoms with Crippen molar-refractivity contribution in [3.05, 3.63) is 42.0 Å². The Kier molecular flexibility index (Phi) is 6.85. The number of halogens is 3.